The molecular weight excluding hydrogens is 332 g/mol. The van der Waals surface area contributed by atoms with Gasteiger partial charge in [0, 0.05) is 24.4 Å². The molecule has 0 saturated heterocycles. The molecule has 2 N–H and O–H groups in total. The standard InChI is InChI=1S/C19H28N4OS/c1-19(2,3)16-13-25-17(23-16)12-22-18(20-4)21-11-10-14-8-6-7-9-15(14)24-5/h6-9,13H,10-12H2,1-5H3,(H2,20,21,22). The van der Waals surface area contributed by atoms with Crippen LogP contribution in [0.1, 0.15) is 37.0 Å². The first-order valence-corrected chi connectivity index (χ1v) is 9.33. The summed E-state index contributed by atoms with van der Waals surface area (Å²) >= 11 is 1.68. The van der Waals surface area contributed by atoms with Gasteiger partial charge in [0.25, 0.3) is 0 Å². The van der Waals surface area contributed by atoms with Gasteiger partial charge in [0.15, 0.2) is 5.96 Å². The molecule has 0 fully saturated rings. The first kappa shape index (κ1) is 19.2. The minimum atomic E-state index is 0.0867. The second-order valence-electron chi connectivity index (χ2n) is 6.79. The van der Waals surface area contributed by atoms with Crippen molar-refractivity contribution in [3.05, 3.63) is 45.9 Å². The summed E-state index contributed by atoms with van der Waals surface area (Å²) in [4.78, 5) is 8.97. The molecule has 0 unspecified atom stereocenters. The number of aliphatic imine (C=N–C) groups is 1. The van der Waals surface area contributed by atoms with Gasteiger partial charge in [0.1, 0.15) is 10.8 Å². The molecule has 0 aliphatic carbocycles. The second-order valence-corrected chi connectivity index (χ2v) is 7.73. The van der Waals surface area contributed by atoms with Gasteiger partial charge in [-0.25, -0.2) is 4.98 Å². The van der Waals surface area contributed by atoms with E-state index in [-0.39, 0.29) is 5.41 Å². The Morgan fingerprint density at radius 2 is 2.00 bits per heavy atom. The molecule has 6 heteroatoms. The Balaban J connectivity index is 1.82. The van der Waals surface area contributed by atoms with Crippen molar-refractivity contribution >= 4 is 17.3 Å². The van der Waals surface area contributed by atoms with Crippen molar-refractivity contribution in [3.8, 4) is 5.75 Å². The third kappa shape index (κ3) is 5.74. The molecular formula is C19H28N4OS. The summed E-state index contributed by atoms with van der Waals surface area (Å²) in [5.74, 6) is 1.70. The zero-order valence-corrected chi connectivity index (χ0v) is 16.5. The lowest BCUT2D eigenvalue weighted by atomic mass is 9.93. The number of benzene rings is 1. The van der Waals surface area contributed by atoms with Crippen LogP contribution in [-0.2, 0) is 18.4 Å². The molecule has 5 nitrogen and oxygen atoms in total. The highest BCUT2D eigenvalue weighted by molar-refractivity contribution is 7.09. The molecule has 0 bridgehead atoms. The fourth-order valence-corrected chi connectivity index (χ4v) is 3.30. The van der Waals surface area contributed by atoms with E-state index in [4.69, 9.17) is 9.72 Å². The molecule has 1 aromatic heterocycles. The van der Waals surface area contributed by atoms with E-state index < -0.39 is 0 Å². The first-order valence-electron chi connectivity index (χ1n) is 8.45. The van der Waals surface area contributed by atoms with Crippen molar-refractivity contribution in [3.63, 3.8) is 0 Å². The van der Waals surface area contributed by atoms with Crippen molar-refractivity contribution in [2.24, 2.45) is 4.99 Å². The number of hydrogen-bond donors (Lipinski definition) is 2. The lowest BCUT2D eigenvalue weighted by molar-refractivity contribution is 0.409. The normalized spacial score (nSPS) is 12.1. The van der Waals surface area contributed by atoms with Crippen molar-refractivity contribution < 1.29 is 4.74 Å². The molecule has 0 spiro atoms. The van der Waals surface area contributed by atoms with Crippen LogP contribution in [0.4, 0.5) is 0 Å². The summed E-state index contributed by atoms with van der Waals surface area (Å²) < 4.78 is 5.38. The fourth-order valence-electron chi connectivity index (χ4n) is 2.34. The van der Waals surface area contributed by atoms with Crippen molar-refractivity contribution in [2.75, 3.05) is 20.7 Å². The van der Waals surface area contributed by atoms with E-state index in [1.54, 1.807) is 25.5 Å². The van der Waals surface area contributed by atoms with Crippen LogP contribution < -0.4 is 15.4 Å². The number of hydrogen-bond acceptors (Lipinski definition) is 4. The Morgan fingerprint density at radius 3 is 2.64 bits per heavy atom. The number of methoxy groups -OCH3 is 1. The SMILES string of the molecule is CN=C(NCCc1ccccc1OC)NCc1nc(C(C)(C)C)cs1. The molecule has 1 aromatic carbocycles. The van der Waals surface area contributed by atoms with E-state index in [1.165, 1.54) is 5.56 Å². The topological polar surface area (TPSA) is 58.5 Å². The zero-order valence-electron chi connectivity index (χ0n) is 15.7. The van der Waals surface area contributed by atoms with E-state index in [9.17, 15) is 0 Å². The van der Waals surface area contributed by atoms with Gasteiger partial charge in [0.2, 0.25) is 0 Å². The molecule has 0 saturated carbocycles. The number of nitrogens with zero attached hydrogens (tertiary/aromatic N) is 2. The van der Waals surface area contributed by atoms with E-state index in [2.05, 4.69) is 47.8 Å². The molecule has 1 heterocycles. The maximum atomic E-state index is 5.38. The van der Waals surface area contributed by atoms with E-state index in [1.807, 2.05) is 18.2 Å². The third-order valence-electron chi connectivity index (χ3n) is 3.83. The van der Waals surface area contributed by atoms with Crippen molar-refractivity contribution in [1.82, 2.24) is 15.6 Å². The van der Waals surface area contributed by atoms with Crippen LogP contribution in [0.25, 0.3) is 0 Å². The summed E-state index contributed by atoms with van der Waals surface area (Å²) in [7, 11) is 3.48. The molecule has 0 amide bonds. The third-order valence-corrected chi connectivity index (χ3v) is 4.68. The molecule has 0 radical (unpaired) electrons. The van der Waals surface area contributed by atoms with Gasteiger partial charge in [-0.05, 0) is 18.1 Å². The average Bonchev–Trinajstić information content (AvgIpc) is 3.07. The van der Waals surface area contributed by atoms with Crippen LogP contribution in [0.2, 0.25) is 0 Å². The Kier molecular flexibility index (Phi) is 6.82. The minimum absolute atomic E-state index is 0.0867. The molecule has 2 rings (SSSR count). The van der Waals surface area contributed by atoms with Gasteiger partial charge in [0.05, 0.1) is 19.3 Å². The van der Waals surface area contributed by atoms with Gasteiger partial charge >= 0.3 is 0 Å². The summed E-state index contributed by atoms with van der Waals surface area (Å²) in [6, 6.07) is 8.08. The zero-order chi connectivity index (χ0) is 18.3. The first-order chi connectivity index (χ1) is 11.9. The molecule has 0 aliphatic heterocycles. The monoisotopic (exact) mass is 360 g/mol. The molecule has 0 atom stereocenters. The van der Waals surface area contributed by atoms with Crippen molar-refractivity contribution in [1.29, 1.82) is 0 Å². The largest absolute Gasteiger partial charge is 0.496 e. The van der Waals surface area contributed by atoms with Gasteiger partial charge in [-0.1, -0.05) is 39.0 Å². The Morgan fingerprint density at radius 1 is 1.24 bits per heavy atom. The maximum Gasteiger partial charge on any atom is 0.191 e. The highest BCUT2D eigenvalue weighted by atomic mass is 32.1. The van der Waals surface area contributed by atoms with Gasteiger partial charge in [-0.15, -0.1) is 11.3 Å². The number of ether oxygens (including phenoxy) is 1. The number of nitrogens with one attached hydrogen (secondary N) is 2. The number of guanidine groups is 1. The lowest BCUT2D eigenvalue weighted by Gasteiger charge is -2.14. The van der Waals surface area contributed by atoms with Gasteiger partial charge in [-0.3, -0.25) is 4.99 Å². The van der Waals surface area contributed by atoms with Crippen LogP contribution in [0, 0.1) is 0 Å². The highest BCUT2D eigenvalue weighted by Gasteiger charge is 2.17. The van der Waals surface area contributed by atoms with Crippen LogP contribution in [-0.4, -0.2) is 31.6 Å². The molecule has 25 heavy (non-hydrogen) atoms. The van der Waals surface area contributed by atoms with E-state index >= 15 is 0 Å². The van der Waals surface area contributed by atoms with Crippen LogP contribution in [0.3, 0.4) is 0 Å². The van der Waals surface area contributed by atoms with Crippen LogP contribution in [0.15, 0.2) is 34.6 Å². The number of para-hydroxylation sites is 1. The predicted octanol–water partition coefficient (Wildman–Crippen LogP) is 3.36. The fraction of sp³-hybridized carbons (Fsp3) is 0.474. The van der Waals surface area contributed by atoms with E-state index in [0.717, 1.165) is 35.4 Å². The Bertz CT molecular complexity index is 703. The summed E-state index contributed by atoms with van der Waals surface area (Å²) in [5.41, 5.74) is 2.40. The second kappa shape index (κ2) is 8.85. The Labute approximate surface area is 154 Å². The Hall–Kier alpha value is -2.08. The smallest absolute Gasteiger partial charge is 0.191 e. The quantitative estimate of drug-likeness (QED) is 0.613. The number of thiazole rings is 1. The molecule has 0 aliphatic rings. The molecule has 136 valence electrons. The van der Waals surface area contributed by atoms with Crippen LogP contribution in [0.5, 0.6) is 5.75 Å². The van der Waals surface area contributed by atoms with Crippen molar-refractivity contribution in [2.45, 2.75) is 39.2 Å². The average molecular weight is 361 g/mol. The summed E-state index contributed by atoms with van der Waals surface area (Å²) in [6.45, 7) is 7.99. The predicted molar refractivity (Wildman–Crippen MR) is 106 cm³/mol. The van der Waals surface area contributed by atoms with Gasteiger partial charge in [-0.2, -0.15) is 0 Å². The summed E-state index contributed by atoms with van der Waals surface area (Å²) in [5, 5.41) is 9.86. The number of aromatic nitrogens is 1. The minimum Gasteiger partial charge on any atom is -0.496 e. The van der Waals surface area contributed by atoms with Gasteiger partial charge < -0.3 is 15.4 Å². The highest BCUT2D eigenvalue weighted by Crippen LogP contribution is 2.23. The molecule has 2 aromatic rings. The maximum absolute atomic E-state index is 5.38. The number of rotatable bonds is 6. The summed E-state index contributed by atoms with van der Waals surface area (Å²) in [6.07, 6.45) is 0.871. The lowest BCUT2D eigenvalue weighted by Crippen LogP contribution is -2.37. The van der Waals surface area contributed by atoms with E-state index in [0.29, 0.717) is 6.54 Å². The van der Waals surface area contributed by atoms with Crippen LogP contribution >= 0.6 is 11.3 Å².